The first-order valence-corrected chi connectivity index (χ1v) is 9.21. The molecule has 6 heteroatoms. The van der Waals surface area contributed by atoms with Crippen molar-refractivity contribution in [2.75, 3.05) is 11.9 Å². The van der Waals surface area contributed by atoms with Crippen LogP contribution < -0.4 is 10.6 Å². The van der Waals surface area contributed by atoms with Gasteiger partial charge in [-0.05, 0) is 43.9 Å². The molecule has 0 spiro atoms. The average Bonchev–Trinajstić information content (AvgIpc) is 3.13. The van der Waals surface area contributed by atoms with Crippen LogP contribution in [0.2, 0.25) is 5.02 Å². The molecule has 0 unspecified atom stereocenters. The molecular weight excluding hydrogens is 342 g/mol. The number of aryl methyl sites for hydroxylation is 1. The third-order valence-corrected chi connectivity index (χ3v) is 5.80. The second kappa shape index (κ2) is 7.35. The maximum atomic E-state index is 12.2. The molecule has 124 valence electrons. The molecular formula is C18H19ClN3OS+. The van der Waals surface area contributed by atoms with Crippen molar-refractivity contribution in [2.24, 2.45) is 0 Å². The number of nitrogens with zero attached hydrogens (tertiary/aromatic N) is 1. The first-order chi connectivity index (χ1) is 11.6. The van der Waals surface area contributed by atoms with Crippen LogP contribution in [-0.2, 0) is 17.6 Å². The molecule has 0 aliphatic heterocycles. The van der Waals surface area contributed by atoms with Crippen molar-refractivity contribution in [3.05, 3.63) is 50.9 Å². The van der Waals surface area contributed by atoms with E-state index in [1.807, 2.05) is 29.6 Å². The van der Waals surface area contributed by atoms with Crippen molar-refractivity contribution in [2.45, 2.75) is 32.2 Å². The third kappa shape index (κ3) is 3.62. The Morgan fingerprint density at radius 2 is 2.17 bits per heavy atom. The normalized spacial score (nSPS) is 14.0. The van der Waals surface area contributed by atoms with Crippen LogP contribution in [-0.4, -0.2) is 12.5 Å². The number of halogens is 1. The highest BCUT2D eigenvalue weighted by atomic mass is 35.5. The van der Waals surface area contributed by atoms with Crippen molar-refractivity contribution >= 4 is 33.8 Å². The van der Waals surface area contributed by atoms with Crippen LogP contribution >= 0.6 is 22.9 Å². The average molecular weight is 361 g/mol. The van der Waals surface area contributed by atoms with Gasteiger partial charge in [0.2, 0.25) is 0 Å². The molecule has 1 aliphatic rings. The Hall–Kier alpha value is -1.87. The Kier molecular flexibility index (Phi) is 5.20. The standard InChI is InChI=1S/C18H18ClN3OS/c1-11(12-5-7-13(19)8-6-12)21-10-17(23)22-18-15(9-20)14-3-2-4-16(14)24-18/h5-8,11,21H,2-4,10H2,1H3,(H,22,23)/p+1/t11-/m0/s1. The highest BCUT2D eigenvalue weighted by Gasteiger charge is 2.23. The van der Waals surface area contributed by atoms with Crippen LogP contribution in [0, 0.1) is 11.3 Å². The number of thiophene rings is 1. The monoisotopic (exact) mass is 360 g/mol. The minimum Gasteiger partial charge on any atom is -0.333 e. The SMILES string of the molecule is C[C@H]([NH2+]CC(=O)Nc1sc2c(c1C#N)CCC2)c1ccc(Cl)cc1. The summed E-state index contributed by atoms with van der Waals surface area (Å²) in [6.07, 6.45) is 3.07. The molecule has 1 aliphatic carbocycles. The van der Waals surface area contributed by atoms with E-state index in [2.05, 4.69) is 18.3 Å². The van der Waals surface area contributed by atoms with E-state index in [1.165, 1.54) is 4.88 Å². The minimum atomic E-state index is -0.0766. The number of quaternary nitrogens is 1. The third-order valence-electron chi connectivity index (χ3n) is 4.34. The summed E-state index contributed by atoms with van der Waals surface area (Å²) in [6, 6.07) is 10.1. The highest BCUT2D eigenvalue weighted by Crippen LogP contribution is 2.38. The lowest BCUT2D eigenvalue weighted by molar-refractivity contribution is -0.682. The highest BCUT2D eigenvalue weighted by molar-refractivity contribution is 7.16. The maximum Gasteiger partial charge on any atom is 0.280 e. The number of hydrogen-bond acceptors (Lipinski definition) is 3. The summed E-state index contributed by atoms with van der Waals surface area (Å²) >= 11 is 7.45. The van der Waals surface area contributed by atoms with E-state index in [-0.39, 0.29) is 11.9 Å². The Labute approximate surface area is 150 Å². The zero-order chi connectivity index (χ0) is 17.1. The lowest BCUT2D eigenvalue weighted by Crippen LogP contribution is -2.86. The first kappa shape index (κ1) is 17.0. The predicted molar refractivity (Wildman–Crippen MR) is 96.3 cm³/mol. The number of fused-ring (bicyclic) bond motifs is 1. The topological polar surface area (TPSA) is 69.5 Å². The summed E-state index contributed by atoms with van der Waals surface area (Å²) in [5.74, 6) is -0.0766. The van der Waals surface area contributed by atoms with Crippen LogP contribution in [0.15, 0.2) is 24.3 Å². The molecule has 1 atom stereocenters. The molecule has 1 aromatic heterocycles. The molecule has 0 radical (unpaired) electrons. The van der Waals surface area contributed by atoms with E-state index in [1.54, 1.807) is 11.3 Å². The van der Waals surface area contributed by atoms with Gasteiger partial charge < -0.3 is 10.6 Å². The quantitative estimate of drug-likeness (QED) is 0.860. The van der Waals surface area contributed by atoms with Gasteiger partial charge in [-0.1, -0.05) is 23.7 Å². The van der Waals surface area contributed by atoms with Gasteiger partial charge in [0.05, 0.1) is 5.56 Å². The summed E-state index contributed by atoms with van der Waals surface area (Å²) in [5.41, 5.74) is 2.92. The molecule has 2 aromatic rings. The van der Waals surface area contributed by atoms with Gasteiger partial charge >= 0.3 is 0 Å². The van der Waals surface area contributed by atoms with E-state index < -0.39 is 0 Å². The molecule has 24 heavy (non-hydrogen) atoms. The molecule has 4 nitrogen and oxygen atoms in total. The fraction of sp³-hybridized carbons (Fsp3) is 0.333. The van der Waals surface area contributed by atoms with Gasteiger partial charge in [-0.3, -0.25) is 4.79 Å². The number of nitriles is 1. The fourth-order valence-electron chi connectivity index (χ4n) is 2.97. The van der Waals surface area contributed by atoms with Gasteiger partial charge in [-0.2, -0.15) is 5.26 Å². The van der Waals surface area contributed by atoms with Gasteiger partial charge in [0.1, 0.15) is 17.1 Å². The van der Waals surface area contributed by atoms with Crippen LogP contribution in [0.1, 0.15) is 41.0 Å². The first-order valence-electron chi connectivity index (χ1n) is 8.01. The molecule has 1 heterocycles. The fourth-order valence-corrected chi connectivity index (χ4v) is 4.36. The molecule has 1 amide bonds. The summed E-state index contributed by atoms with van der Waals surface area (Å²) in [5, 5.41) is 15.7. The van der Waals surface area contributed by atoms with Crippen LogP contribution in [0.3, 0.4) is 0 Å². The van der Waals surface area contributed by atoms with Crippen molar-refractivity contribution in [1.82, 2.24) is 0 Å². The van der Waals surface area contributed by atoms with E-state index in [9.17, 15) is 10.1 Å². The zero-order valence-electron chi connectivity index (χ0n) is 13.4. The number of benzene rings is 1. The number of nitrogens with one attached hydrogen (secondary N) is 1. The number of carbonyl (C=O) groups excluding carboxylic acids is 1. The van der Waals surface area contributed by atoms with Crippen molar-refractivity contribution in [3.63, 3.8) is 0 Å². The van der Waals surface area contributed by atoms with Gasteiger partial charge in [0, 0.05) is 15.5 Å². The van der Waals surface area contributed by atoms with Crippen molar-refractivity contribution in [3.8, 4) is 6.07 Å². The molecule has 0 bridgehead atoms. The minimum absolute atomic E-state index is 0.0766. The molecule has 1 aromatic carbocycles. The Morgan fingerprint density at radius 3 is 2.88 bits per heavy atom. The van der Waals surface area contributed by atoms with E-state index in [0.29, 0.717) is 22.1 Å². The molecule has 0 saturated carbocycles. The number of carbonyl (C=O) groups is 1. The molecule has 3 N–H and O–H groups in total. The number of nitrogens with two attached hydrogens (primary N) is 1. The lowest BCUT2D eigenvalue weighted by atomic mass is 10.1. The Balaban J connectivity index is 1.58. The van der Waals surface area contributed by atoms with Gasteiger partial charge in [0.15, 0.2) is 6.54 Å². The predicted octanol–water partition coefficient (Wildman–Crippen LogP) is 3.02. The number of hydrogen-bond donors (Lipinski definition) is 2. The maximum absolute atomic E-state index is 12.2. The molecule has 3 rings (SSSR count). The second-order valence-electron chi connectivity index (χ2n) is 6.00. The summed E-state index contributed by atoms with van der Waals surface area (Å²) in [4.78, 5) is 13.5. The Bertz CT molecular complexity index is 792. The van der Waals surface area contributed by atoms with Gasteiger partial charge in [0.25, 0.3) is 5.91 Å². The van der Waals surface area contributed by atoms with E-state index >= 15 is 0 Å². The van der Waals surface area contributed by atoms with Crippen molar-refractivity contribution < 1.29 is 10.1 Å². The van der Waals surface area contributed by atoms with E-state index in [0.717, 1.165) is 30.4 Å². The van der Waals surface area contributed by atoms with Gasteiger partial charge in [-0.25, -0.2) is 0 Å². The molecule has 0 fully saturated rings. The largest absolute Gasteiger partial charge is 0.333 e. The van der Waals surface area contributed by atoms with Gasteiger partial charge in [-0.15, -0.1) is 11.3 Å². The lowest BCUT2D eigenvalue weighted by Gasteiger charge is -2.11. The number of anilines is 1. The summed E-state index contributed by atoms with van der Waals surface area (Å²) in [7, 11) is 0. The van der Waals surface area contributed by atoms with Crippen LogP contribution in [0.4, 0.5) is 5.00 Å². The second-order valence-corrected chi connectivity index (χ2v) is 7.54. The van der Waals surface area contributed by atoms with Crippen molar-refractivity contribution in [1.29, 1.82) is 5.26 Å². The zero-order valence-corrected chi connectivity index (χ0v) is 15.0. The Morgan fingerprint density at radius 1 is 1.42 bits per heavy atom. The summed E-state index contributed by atoms with van der Waals surface area (Å²) in [6.45, 7) is 2.37. The van der Waals surface area contributed by atoms with Crippen LogP contribution in [0.5, 0.6) is 0 Å². The summed E-state index contributed by atoms with van der Waals surface area (Å²) < 4.78 is 0. The van der Waals surface area contributed by atoms with E-state index in [4.69, 9.17) is 11.6 Å². The number of rotatable bonds is 5. The van der Waals surface area contributed by atoms with Crippen LogP contribution in [0.25, 0.3) is 0 Å². The smallest absolute Gasteiger partial charge is 0.280 e. The molecule has 0 saturated heterocycles. The number of amides is 1.